The molecule has 0 radical (unpaired) electrons. The molecule has 0 saturated heterocycles. The van der Waals surface area contributed by atoms with Gasteiger partial charge in [-0.05, 0) is 30.4 Å². The molecule has 2 N–H and O–H groups in total. The smallest absolute Gasteiger partial charge is 0.285 e. The fraction of sp³-hybridized carbons (Fsp3) is 0.455. The van der Waals surface area contributed by atoms with E-state index >= 15 is 0 Å². The molecular weight excluding hydrogens is 184 g/mol. The normalized spacial score (nSPS) is 17.1. The molecule has 1 nitrogen and oxygen atoms in total. The zero-order valence-corrected chi connectivity index (χ0v) is 7.84. The highest BCUT2D eigenvalue weighted by Gasteiger charge is 2.31. The Labute approximate surface area is 81.9 Å². The van der Waals surface area contributed by atoms with E-state index in [1.54, 1.807) is 12.1 Å². The van der Waals surface area contributed by atoms with Crippen molar-refractivity contribution in [3.05, 3.63) is 35.4 Å². The highest BCUT2D eigenvalue weighted by Crippen LogP contribution is 2.41. The highest BCUT2D eigenvalue weighted by molar-refractivity contribution is 5.31. The Morgan fingerprint density at radius 3 is 2.64 bits per heavy atom. The number of rotatable bonds is 3. The maximum Gasteiger partial charge on any atom is 0.285 e. The first-order valence-corrected chi connectivity index (χ1v) is 4.82. The third-order valence-electron chi connectivity index (χ3n) is 2.61. The lowest BCUT2D eigenvalue weighted by Gasteiger charge is -2.14. The van der Waals surface area contributed by atoms with Crippen molar-refractivity contribution in [3.8, 4) is 0 Å². The van der Waals surface area contributed by atoms with Crippen molar-refractivity contribution >= 4 is 0 Å². The molecule has 14 heavy (non-hydrogen) atoms. The summed E-state index contributed by atoms with van der Waals surface area (Å²) in [7, 11) is 0. The van der Waals surface area contributed by atoms with Gasteiger partial charge in [0.1, 0.15) is 0 Å². The molecular formula is C11H13F2N. The number of nitrogens with two attached hydrogens (primary N) is 1. The summed E-state index contributed by atoms with van der Waals surface area (Å²) in [5.74, 6) is -2.38. The summed E-state index contributed by atoms with van der Waals surface area (Å²) >= 11 is 0. The van der Waals surface area contributed by atoms with E-state index in [1.165, 1.54) is 6.07 Å². The summed E-state index contributed by atoms with van der Waals surface area (Å²) in [6.45, 7) is -0.624. The van der Waals surface area contributed by atoms with Gasteiger partial charge < -0.3 is 5.73 Å². The second kappa shape index (κ2) is 3.31. The van der Waals surface area contributed by atoms with Crippen LogP contribution >= 0.6 is 0 Å². The zero-order valence-electron chi connectivity index (χ0n) is 7.84. The Morgan fingerprint density at radius 2 is 2.07 bits per heavy atom. The second-order valence-corrected chi connectivity index (χ2v) is 3.81. The number of benzene rings is 1. The van der Waals surface area contributed by atoms with Crippen LogP contribution in [0.15, 0.2) is 24.3 Å². The van der Waals surface area contributed by atoms with Gasteiger partial charge in [-0.3, -0.25) is 0 Å². The van der Waals surface area contributed by atoms with E-state index in [0.717, 1.165) is 18.4 Å². The van der Waals surface area contributed by atoms with Crippen molar-refractivity contribution in [3.63, 3.8) is 0 Å². The molecule has 0 atom stereocenters. The van der Waals surface area contributed by atoms with Gasteiger partial charge in [-0.25, -0.2) is 0 Å². The molecule has 1 aromatic carbocycles. The maximum atomic E-state index is 13.2. The third-order valence-corrected chi connectivity index (χ3v) is 2.61. The van der Waals surface area contributed by atoms with Crippen LogP contribution in [0.5, 0.6) is 0 Å². The summed E-state index contributed by atoms with van der Waals surface area (Å²) in [6, 6.07) is 6.63. The molecule has 1 aliphatic carbocycles. The molecule has 1 saturated carbocycles. The Balaban J connectivity index is 2.29. The Hall–Kier alpha value is -0.960. The van der Waals surface area contributed by atoms with Gasteiger partial charge in [-0.1, -0.05) is 18.2 Å². The van der Waals surface area contributed by atoms with Crippen molar-refractivity contribution in [1.29, 1.82) is 0 Å². The molecule has 0 bridgehead atoms. The van der Waals surface area contributed by atoms with Gasteiger partial charge in [0.25, 0.3) is 5.92 Å². The molecule has 1 aromatic rings. The van der Waals surface area contributed by atoms with Crippen LogP contribution in [-0.4, -0.2) is 6.54 Å². The average Bonchev–Trinajstić information content (AvgIpc) is 3.01. The van der Waals surface area contributed by atoms with Gasteiger partial charge in [-0.2, -0.15) is 8.78 Å². The van der Waals surface area contributed by atoms with Crippen LogP contribution in [-0.2, 0) is 5.92 Å². The van der Waals surface area contributed by atoms with Gasteiger partial charge >= 0.3 is 0 Å². The largest absolute Gasteiger partial charge is 0.325 e. The minimum Gasteiger partial charge on any atom is -0.325 e. The van der Waals surface area contributed by atoms with E-state index in [4.69, 9.17) is 5.73 Å². The lowest BCUT2D eigenvalue weighted by atomic mass is 10.0. The van der Waals surface area contributed by atoms with Crippen molar-refractivity contribution in [2.75, 3.05) is 6.54 Å². The van der Waals surface area contributed by atoms with Gasteiger partial charge in [0.2, 0.25) is 0 Å². The fourth-order valence-electron chi connectivity index (χ4n) is 1.55. The molecule has 2 rings (SSSR count). The Kier molecular flexibility index (Phi) is 2.27. The first kappa shape index (κ1) is 9.59. The van der Waals surface area contributed by atoms with Gasteiger partial charge in [-0.15, -0.1) is 0 Å². The standard InChI is InChI=1S/C11H13F2N/c12-11(13,7-14)10-3-1-2-9(6-10)8-4-5-8/h1-3,6,8H,4-5,7,14H2. The van der Waals surface area contributed by atoms with Crippen LogP contribution in [0.4, 0.5) is 8.78 Å². The summed E-state index contributed by atoms with van der Waals surface area (Å²) in [4.78, 5) is 0. The Bertz CT molecular complexity index is 332. The molecule has 1 aliphatic rings. The molecule has 0 heterocycles. The summed E-state index contributed by atoms with van der Waals surface area (Å²) in [5, 5.41) is 0. The molecule has 3 heteroatoms. The third kappa shape index (κ3) is 1.77. The first-order chi connectivity index (χ1) is 6.63. The van der Waals surface area contributed by atoms with Gasteiger partial charge in [0.15, 0.2) is 0 Å². The fourth-order valence-corrected chi connectivity index (χ4v) is 1.55. The van der Waals surface area contributed by atoms with E-state index in [1.807, 2.05) is 6.07 Å². The molecule has 0 spiro atoms. The number of alkyl halides is 2. The minimum absolute atomic E-state index is 0.0457. The van der Waals surface area contributed by atoms with Crippen LogP contribution in [0.25, 0.3) is 0 Å². The van der Waals surface area contributed by atoms with E-state index in [2.05, 4.69) is 0 Å². The van der Waals surface area contributed by atoms with Crippen LogP contribution in [0.2, 0.25) is 0 Å². The van der Waals surface area contributed by atoms with E-state index in [0.29, 0.717) is 5.92 Å². The summed E-state index contributed by atoms with van der Waals surface area (Å²) in [6.07, 6.45) is 2.25. The number of hydrogen-bond acceptors (Lipinski definition) is 1. The molecule has 76 valence electrons. The Morgan fingerprint density at radius 1 is 1.36 bits per heavy atom. The van der Waals surface area contributed by atoms with E-state index < -0.39 is 12.5 Å². The predicted molar refractivity (Wildman–Crippen MR) is 51.4 cm³/mol. The van der Waals surface area contributed by atoms with Crippen LogP contribution in [0, 0.1) is 0 Å². The zero-order chi connectivity index (χ0) is 10.2. The predicted octanol–water partition coefficient (Wildman–Crippen LogP) is 2.61. The molecule has 0 unspecified atom stereocenters. The molecule has 0 aliphatic heterocycles. The average molecular weight is 197 g/mol. The number of hydrogen-bond donors (Lipinski definition) is 1. The van der Waals surface area contributed by atoms with Crippen molar-refractivity contribution in [2.45, 2.75) is 24.7 Å². The lowest BCUT2D eigenvalue weighted by molar-refractivity contribution is 0.00588. The lowest BCUT2D eigenvalue weighted by Crippen LogP contribution is -2.25. The topological polar surface area (TPSA) is 26.0 Å². The van der Waals surface area contributed by atoms with Crippen LogP contribution in [0.3, 0.4) is 0 Å². The van der Waals surface area contributed by atoms with E-state index in [9.17, 15) is 8.78 Å². The van der Waals surface area contributed by atoms with Gasteiger partial charge in [0.05, 0.1) is 6.54 Å². The van der Waals surface area contributed by atoms with Crippen molar-refractivity contribution in [1.82, 2.24) is 0 Å². The van der Waals surface area contributed by atoms with E-state index in [-0.39, 0.29) is 5.56 Å². The molecule has 0 aromatic heterocycles. The SMILES string of the molecule is NCC(F)(F)c1cccc(C2CC2)c1. The monoisotopic (exact) mass is 197 g/mol. The first-order valence-electron chi connectivity index (χ1n) is 4.82. The van der Waals surface area contributed by atoms with Gasteiger partial charge in [0, 0.05) is 5.56 Å². The van der Waals surface area contributed by atoms with Crippen molar-refractivity contribution < 1.29 is 8.78 Å². The summed E-state index contributed by atoms with van der Waals surface area (Å²) < 4.78 is 26.4. The minimum atomic E-state index is -2.88. The molecule has 1 fully saturated rings. The number of halogens is 2. The highest BCUT2D eigenvalue weighted by atomic mass is 19.3. The summed E-state index contributed by atoms with van der Waals surface area (Å²) in [5.41, 5.74) is 6.10. The maximum absolute atomic E-state index is 13.2. The second-order valence-electron chi connectivity index (χ2n) is 3.81. The molecule has 0 amide bonds. The van der Waals surface area contributed by atoms with Crippen LogP contribution < -0.4 is 5.73 Å². The van der Waals surface area contributed by atoms with Crippen LogP contribution in [0.1, 0.15) is 29.9 Å². The quantitative estimate of drug-likeness (QED) is 0.792. The van der Waals surface area contributed by atoms with Crippen molar-refractivity contribution in [2.24, 2.45) is 5.73 Å².